The van der Waals surface area contributed by atoms with Crippen molar-refractivity contribution in [2.75, 3.05) is 0 Å². The second-order valence-corrected chi connectivity index (χ2v) is 5.37. The number of halogens is 6. The molecular weight excluding hydrogens is 298 g/mol. The van der Waals surface area contributed by atoms with E-state index in [1.54, 1.807) is 0 Å². The molecule has 0 aromatic heterocycles. The minimum atomic E-state index is -4.30. The van der Waals surface area contributed by atoms with E-state index in [4.69, 9.17) is 0 Å². The lowest BCUT2D eigenvalue weighted by Gasteiger charge is -2.07. The lowest BCUT2D eigenvalue weighted by molar-refractivity contribution is -0.0338. The van der Waals surface area contributed by atoms with Crippen molar-refractivity contribution in [2.45, 2.75) is 22.5 Å². The van der Waals surface area contributed by atoms with Gasteiger partial charge >= 0.3 is 11.0 Å². The highest BCUT2D eigenvalue weighted by atomic mass is 32.2. The molecule has 0 aliphatic carbocycles. The number of hydrogen-bond donors (Lipinski definition) is 0. The molecule has 0 bridgehead atoms. The molecule has 1 rings (SSSR count). The molecule has 0 radical (unpaired) electrons. The fraction of sp³-hybridized carbons (Fsp3) is 0.400. The first kappa shape index (κ1) is 15.6. The SMILES string of the molecule is FC(F)(F)SCc1ccc(CSC(F)(F)F)cc1. The van der Waals surface area contributed by atoms with Crippen LogP contribution in [0.2, 0.25) is 0 Å². The first-order valence-electron chi connectivity index (χ1n) is 4.65. The third-order valence-corrected chi connectivity index (χ3v) is 3.44. The molecule has 0 spiro atoms. The summed E-state index contributed by atoms with van der Waals surface area (Å²) in [4.78, 5) is 0. The van der Waals surface area contributed by atoms with Gasteiger partial charge in [-0.3, -0.25) is 0 Å². The third-order valence-electron chi connectivity index (χ3n) is 1.83. The molecule has 0 amide bonds. The molecule has 8 heteroatoms. The van der Waals surface area contributed by atoms with Gasteiger partial charge in [0.25, 0.3) is 0 Å². The highest BCUT2D eigenvalue weighted by Gasteiger charge is 2.28. The van der Waals surface area contributed by atoms with Gasteiger partial charge in [0.2, 0.25) is 0 Å². The van der Waals surface area contributed by atoms with Crippen molar-refractivity contribution in [1.82, 2.24) is 0 Å². The van der Waals surface area contributed by atoms with E-state index in [2.05, 4.69) is 0 Å². The lowest BCUT2D eigenvalue weighted by atomic mass is 10.2. The fourth-order valence-electron chi connectivity index (χ4n) is 1.06. The van der Waals surface area contributed by atoms with E-state index in [-0.39, 0.29) is 35.0 Å². The molecule has 0 N–H and O–H groups in total. The Balaban J connectivity index is 2.48. The number of alkyl halides is 6. The summed E-state index contributed by atoms with van der Waals surface area (Å²) in [5.41, 5.74) is -7.74. The summed E-state index contributed by atoms with van der Waals surface area (Å²) < 4.78 is 71.4. The zero-order valence-corrected chi connectivity index (χ0v) is 10.4. The van der Waals surface area contributed by atoms with E-state index >= 15 is 0 Å². The van der Waals surface area contributed by atoms with Gasteiger partial charge in [0.1, 0.15) is 0 Å². The molecule has 0 fully saturated rings. The molecule has 0 aliphatic rings. The van der Waals surface area contributed by atoms with E-state index in [1.165, 1.54) is 24.3 Å². The van der Waals surface area contributed by atoms with Crippen LogP contribution in [0.15, 0.2) is 24.3 Å². The second-order valence-electron chi connectivity index (χ2n) is 3.29. The Morgan fingerprint density at radius 2 is 0.944 bits per heavy atom. The van der Waals surface area contributed by atoms with Crippen LogP contribution in [-0.4, -0.2) is 11.0 Å². The molecule has 0 nitrogen and oxygen atoms in total. The smallest absolute Gasteiger partial charge is 0.160 e. The molecule has 102 valence electrons. The summed E-state index contributed by atoms with van der Waals surface area (Å²) in [6.07, 6.45) is 0. The second kappa shape index (κ2) is 6.10. The highest BCUT2D eigenvalue weighted by Crippen LogP contribution is 2.34. The van der Waals surface area contributed by atoms with Gasteiger partial charge in [0.05, 0.1) is 0 Å². The monoisotopic (exact) mass is 306 g/mol. The first-order valence-corrected chi connectivity index (χ1v) is 6.62. The molecule has 1 aromatic rings. The Hall–Kier alpha value is -0.500. The Labute approximate surface area is 108 Å². The third kappa shape index (κ3) is 7.05. The minimum Gasteiger partial charge on any atom is -0.160 e. The molecule has 0 saturated carbocycles. The minimum absolute atomic E-state index is 0.175. The van der Waals surface area contributed by atoms with Crippen LogP contribution in [0.1, 0.15) is 11.1 Å². The van der Waals surface area contributed by atoms with Crippen LogP contribution < -0.4 is 0 Å². The van der Waals surface area contributed by atoms with Gasteiger partial charge in [0.15, 0.2) is 0 Å². The molecule has 0 unspecified atom stereocenters. The zero-order valence-electron chi connectivity index (χ0n) is 8.81. The van der Waals surface area contributed by atoms with Crippen LogP contribution in [0.4, 0.5) is 26.3 Å². The van der Waals surface area contributed by atoms with E-state index in [0.29, 0.717) is 11.1 Å². The summed E-state index contributed by atoms with van der Waals surface area (Å²) in [7, 11) is 0. The Kier molecular flexibility index (Phi) is 5.27. The zero-order chi connectivity index (χ0) is 13.8. The van der Waals surface area contributed by atoms with E-state index in [0.717, 1.165) is 0 Å². The fourth-order valence-corrected chi connectivity index (χ4v) is 2.11. The van der Waals surface area contributed by atoms with Crippen molar-refractivity contribution in [3.8, 4) is 0 Å². The summed E-state index contributed by atoms with van der Waals surface area (Å²) in [5.74, 6) is -0.480. The Morgan fingerprint density at radius 1 is 0.667 bits per heavy atom. The summed E-state index contributed by atoms with van der Waals surface area (Å²) >= 11 is -0.350. The maximum Gasteiger partial charge on any atom is 0.442 e. The molecule has 18 heavy (non-hydrogen) atoms. The van der Waals surface area contributed by atoms with Gasteiger partial charge in [-0.05, 0) is 34.7 Å². The Bertz CT molecular complexity index is 330. The largest absolute Gasteiger partial charge is 0.442 e. The average Bonchev–Trinajstić information content (AvgIpc) is 2.23. The maximum absolute atomic E-state index is 11.9. The van der Waals surface area contributed by atoms with Crippen molar-refractivity contribution >= 4 is 23.5 Å². The number of rotatable bonds is 4. The van der Waals surface area contributed by atoms with Crippen molar-refractivity contribution in [3.63, 3.8) is 0 Å². The highest BCUT2D eigenvalue weighted by molar-refractivity contribution is 7.99. The summed E-state index contributed by atoms with van der Waals surface area (Å²) in [6, 6.07) is 5.63. The number of thioether (sulfide) groups is 2. The summed E-state index contributed by atoms with van der Waals surface area (Å²) in [6.45, 7) is 0. The molecule has 0 heterocycles. The quantitative estimate of drug-likeness (QED) is 0.702. The van der Waals surface area contributed by atoms with Gasteiger partial charge in [0, 0.05) is 11.5 Å². The van der Waals surface area contributed by atoms with E-state index in [9.17, 15) is 26.3 Å². The first-order chi connectivity index (χ1) is 8.16. The number of hydrogen-bond acceptors (Lipinski definition) is 2. The van der Waals surface area contributed by atoms with Crippen molar-refractivity contribution in [1.29, 1.82) is 0 Å². The molecule has 1 aromatic carbocycles. The van der Waals surface area contributed by atoms with Crippen LogP contribution in [0.5, 0.6) is 0 Å². The van der Waals surface area contributed by atoms with E-state index in [1.807, 2.05) is 0 Å². The van der Waals surface area contributed by atoms with Gasteiger partial charge in [-0.1, -0.05) is 24.3 Å². The molecule has 0 aliphatic heterocycles. The van der Waals surface area contributed by atoms with Crippen LogP contribution in [0, 0.1) is 0 Å². The number of benzene rings is 1. The van der Waals surface area contributed by atoms with Gasteiger partial charge in [-0.2, -0.15) is 26.3 Å². The predicted molar refractivity (Wildman–Crippen MR) is 61.1 cm³/mol. The van der Waals surface area contributed by atoms with Crippen LogP contribution in [0.25, 0.3) is 0 Å². The molecule has 0 saturated heterocycles. The predicted octanol–water partition coefficient (Wildman–Crippen LogP) is 5.19. The van der Waals surface area contributed by atoms with Crippen molar-refractivity contribution in [3.05, 3.63) is 35.4 Å². The Morgan fingerprint density at radius 3 is 1.17 bits per heavy atom. The van der Waals surface area contributed by atoms with Crippen molar-refractivity contribution in [2.24, 2.45) is 0 Å². The standard InChI is InChI=1S/C10H8F6S2/c11-9(12,13)17-5-7-1-2-8(4-3-7)6-18-10(14,15)16/h1-4H,5-6H2. The maximum atomic E-state index is 11.9. The van der Waals surface area contributed by atoms with Gasteiger partial charge in [-0.25, -0.2) is 0 Å². The summed E-state index contributed by atoms with van der Waals surface area (Å²) in [5, 5.41) is 0. The lowest BCUT2D eigenvalue weighted by Crippen LogP contribution is -2.01. The normalized spacial score (nSPS) is 12.8. The van der Waals surface area contributed by atoms with Gasteiger partial charge < -0.3 is 0 Å². The van der Waals surface area contributed by atoms with E-state index < -0.39 is 11.0 Å². The van der Waals surface area contributed by atoms with Crippen LogP contribution >= 0.6 is 23.5 Å². The average molecular weight is 306 g/mol. The van der Waals surface area contributed by atoms with Gasteiger partial charge in [-0.15, -0.1) is 0 Å². The topological polar surface area (TPSA) is 0 Å². The molecule has 0 atom stereocenters. The molecular formula is C10H8F6S2. The van der Waals surface area contributed by atoms with Crippen LogP contribution in [-0.2, 0) is 11.5 Å². The van der Waals surface area contributed by atoms with Crippen LogP contribution in [0.3, 0.4) is 0 Å². The van der Waals surface area contributed by atoms with Crippen molar-refractivity contribution < 1.29 is 26.3 Å².